The molecule has 0 amide bonds. The maximum atomic E-state index is 13.2. The Morgan fingerprint density at radius 2 is 1.96 bits per heavy atom. The fourth-order valence-corrected chi connectivity index (χ4v) is 2.54. The van der Waals surface area contributed by atoms with Crippen molar-refractivity contribution in [2.45, 2.75) is 45.7 Å². The van der Waals surface area contributed by atoms with Crippen LogP contribution in [0.1, 0.15) is 49.6 Å². The van der Waals surface area contributed by atoms with E-state index < -0.39 is 0 Å². The fraction of sp³-hybridized carbons (Fsp3) is 0.444. The van der Waals surface area contributed by atoms with Crippen molar-refractivity contribution in [3.05, 3.63) is 53.2 Å². The summed E-state index contributed by atoms with van der Waals surface area (Å²) in [6, 6.07) is 8.47. The van der Waals surface area contributed by atoms with Gasteiger partial charge in [0.05, 0.1) is 12.2 Å². The van der Waals surface area contributed by atoms with Crippen molar-refractivity contribution in [1.29, 1.82) is 0 Å². The minimum atomic E-state index is -0.243. The SMILES string of the molecule is CCC(CC)c1cc(CNC(=NC)NCc2cccc(F)c2)on1. The predicted molar refractivity (Wildman–Crippen MR) is 93.3 cm³/mol. The van der Waals surface area contributed by atoms with Gasteiger partial charge in [0, 0.05) is 25.6 Å². The zero-order valence-corrected chi connectivity index (χ0v) is 14.5. The Balaban J connectivity index is 1.85. The van der Waals surface area contributed by atoms with E-state index in [0.717, 1.165) is 29.9 Å². The number of halogens is 1. The Kier molecular flexibility index (Phi) is 6.78. The number of nitrogens with one attached hydrogen (secondary N) is 2. The predicted octanol–water partition coefficient (Wildman–Crippen LogP) is 3.58. The van der Waals surface area contributed by atoms with Gasteiger partial charge < -0.3 is 15.2 Å². The minimum Gasteiger partial charge on any atom is -0.359 e. The zero-order valence-electron chi connectivity index (χ0n) is 14.5. The number of rotatable bonds is 7. The van der Waals surface area contributed by atoms with Crippen molar-refractivity contribution in [3.63, 3.8) is 0 Å². The van der Waals surface area contributed by atoms with E-state index in [4.69, 9.17) is 4.52 Å². The molecule has 0 radical (unpaired) electrons. The van der Waals surface area contributed by atoms with Crippen molar-refractivity contribution in [2.24, 2.45) is 4.99 Å². The molecular formula is C18H25FN4O. The lowest BCUT2D eigenvalue weighted by Gasteiger charge is -2.10. The number of guanidine groups is 1. The third-order valence-electron chi connectivity index (χ3n) is 3.98. The van der Waals surface area contributed by atoms with E-state index in [2.05, 4.69) is 34.6 Å². The van der Waals surface area contributed by atoms with Gasteiger partial charge in [-0.05, 0) is 30.5 Å². The first kappa shape index (κ1) is 18.0. The Bertz CT molecular complexity index is 665. The van der Waals surface area contributed by atoms with Crippen LogP contribution in [0.5, 0.6) is 0 Å². The fourth-order valence-electron chi connectivity index (χ4n) is 2.54. The van der Waals surface area contributed by atoms with Crippen molar-refractivity contribution in [3.8, 4) is 0 Å². The van der Waals surface area contributed by atoms with E-state index in [0.29, 0.717) is 25.0 Å². The third kappa shape index (κ3) is 5.08. The van der Waals surface area contributed by atoms with Crippen LogP contribution in [-0.2, 0) is 13.1 Å². The van der Waals surface area contributed by atoms with Crippen molar-refractivity contribution in [1.82, 2.24) is 15.8 Å². The zero-order chi connectivity index (χ0) is 17.4. The molecule has 1 aromatic heterocycles. The van der Waals surface area contributed by atoms with Gasteiger partial charge in [-0.15, -0.1) is 0 Å². The molecule has 6 heteroatoms. The highest BCUT2D eigenvalue weighted by Crippen LogP contribution is 2.22. The average Bonchev–Trinajstić information content (AvgIpc) is 3.05. The number of aromatic nitrogens is 1. The van der Waals surface area contributed by atoms with Crippen LogP contribution < -0.4 is 10.6 Å². The Morgan fingerprint density at radius 1 is 1.21 bits per heavy atom. The lowest BCUT2D eigenvalue weighted by molar-refractivity contribution is 0.368. The van der Waals surface area contributed by atoms with Gasteiger partial charge in [0.2, 0.25) is 0 Å². The van der Waals surface area contributed by atoms with Crippen LogP contribution >= 0.6 is 0 Å². The molecular weight excluding hydrogens is 307 g/mol. The minimum absolute atomic E-state index is 0.243. The molecule has 0 saturated carbocycles. The summed E-state index contributed by atoms with van der Waals surface area (Å²) >= 11 is 0. The highest BCUT2D eigenvalue weighted by Gasteiger charge is 2.13. The number of benzene rings is 1. The molecule has 0 spiro atoms. The Labute approximate surface area is 142 Å². The van der Waals surface area contributed by atoms with Crippen molar-refractivity contribution >= 4 is 5.96 Å². The van der Waals surface area contributed by atoms with E-state index in [-0.39, 0.29) is 5.82 Å². The molecule has 0 unspecified atom stereocenters. The normalized spacial score (nSPS) is 11.8. The summed E-state index contributed by atoms with van der Waals surface area (Å²) in [6.07, 6.45) is 2.10. The smallest absolute Gasteiger partial charge is 0.191 e. The quantitative estimate of drug-likeness (QED) is 0.601. The molecule has 130 valence electrons. The molecule has 0 aliphatic rings. The summed E-state index contributed by atoms with van der Waals surface area (Å²) in [5.41, 5.74) is 1.85. The van der Waals surface area contributed by atoms with E-state index in [1.165, 1.54) is 12.1 Å². The Morgan fingerprint density at radius 3 is 2.62 bits per heavy atom. The van der Waals surface area contributed by atoms with Crippen molar-refractivity contribution < 1.29 is 8.91 Å². The standard InChI is InChI=1S/C18H25FN4O/c1-4-14(5-2)17-10-16(24-23-17)12-22-18(20-3)21-11-13-7-6-8-15(19)9-13/h6-10,14H,4-5,11-12H2,1-3H3,(H2,20,21,22). The van der Waals surface area contributed by atoms with Crippen LogP contribution in [0.3, 0.4) is 0 Å². The monoisotopic (exact) mass is 332 g/mol. The van der Waals surface area contributed by atoms with E-state index in [1.54, 1.807) is 13.1 Å². The van der Waals surface area contributed by atoms with Gasteiger partial charge in [0.1, 0.15) is 5.82 Å². The van der Waals surface area contributed by atoms with E-state index in [9.17, 15) is 4.39 Å². The Hall–Kier alpha value is -2.37. The summed E-state index contributed by atoms with van der Waals surface area (Å²) in [7, 11) is 1.69. The summed E-state index contributed by atoms with van der Waals surface area (Å²) in [4.78, 5) is 4.15. The molecule has 2 N–H and O–H groups in total. The summed E-state index contributed by atoms with van der Waals surface area (Å²) in [6.45, 7) is 5.29. The lowest BCUT2D eigenvalue weighted by atomic mass is 9.99. The van der Waals surface area contributed by atoms with Gasteiger partial charge in [0.25, 0.3) is 0 Å². The van der Waals surface area contributed by atoms with Crippen molar-refractivity contribution in [2.75, 3.05) is 7.05 Å². The van der Waals surface area contributed by atoms with E-state index in [1.807, 2.05) is 12.1 Å². The molecule has 0 saturated heterocycles. The molecule has 0 fully saturated rings. The highest BCUT2D eigenvalue weighted by molar-refractivity contribution is 5.79. The molecule has 1 heterocycles. The van der Waals surface area contributed by atoms with Crippen LogP contribution in [0.15, 0.2) is 39.8 Å². The molecule has 24 heavy (non-hydrogen) atoms. The first-order chi connectivity index (χ1) is 11.7. The second-order valence-electron chi connectivity index (χ2n) is 5.64. The summed E-state index contributed by atoms with van der Waals surface area (Å²) in [5, 5.41) is 10.5. The number of aliphatic imine (C=N–C) groups is 1. The molecule has 5 nitrogen and oxygen atoms in total. The van der Waals surface area contributed by atoms with Gasteiger partial charge in [-0.25, -0.2) is 4.39 Å². The molecule has 0 atom stereocenters. The maximum Gasteiger partial charge on any atom is 0.191 e. The largest absolute Gasteiger partial charge is 0.359 e. The average molecular weight is 332 g/mol. The first-order valence-electron chi connectivity index (χ1n) is 8.30. The topological polar surface area (TPSA) is 62.5 Å². The molecule has 1 aromatic carbocycles. The highest BCUT2D eigenvalue weighted by atomic mass is 19.1. The molecule has 0 aliphatic heterocycles. The lowest BCUT2D eigenvalue weighted by Crippen LogP contribution is -2.36. The summed E-state index contributed by atoms with van der Waals surface area (Å²) < 4.78 is 18.6. The molecule has 0 bridgehead atoms. The molecule has 0 aliphatic carbocycles. The van der Waals surface area contributed by atoms with Gasteiger partial charge in [0.15, 0.2) is 11.7 Å². The van der Waals surface area contributed by atoms with Crippen LogP contribution in [0.25, 0.3) is 0 Å². The summed E-state index contributed by atoms with van der Waals surface area (Å²) in [5.74, 6) is 1.59. The van der Waals surface area contributed by atoms with Gasteiger partial charge in [-0.2, -0.15) is 0 Å². The number of nitrogens with zero attached hydrogens (tertiary/aromatic N) is 2. The van der Waals surface area contributed by atoms with Crippen LogP contribution in [-0.4, -0.2) is 18.2 Å². The second-order valence-corrected chi connectivity index (χ2v) is 5.64. The van der Waals surface area contributed by atoms with Gasteiger partial charge >= 0.3 is 0 Å². The van der Waals surface area contributed by atoms with Gasteiger partial charge in [-0.3, -0.25) is 4.99 Å². The molecule has 2 aromatic rings. The number of hydrogen-bond donors (Lipinski definition) is 2. The van der Waals surface area contributed by atoms with Gasteiger partial charge in [-0.1, -0.05) is 31.1 Å². The van der Waals surface area contributed by atoms with Crippen LogP contribution in [0, 0.1) is 5.82 Å². The second kappa shape index (κ2) is 9.05. The maximum absolute atomic E-state index is 13.2. The van der Waals surface area contributed by atoms with Crippen LogP contribution in [0.4, 0.5) is 4.39 Å². The number of hydrogen-bond acceptors (Lipinski definition) is 3. The first-order valence-corrected chi connectivity index (χ1v) is 8.30. The third-order valence-corrected chi connectivity index (χ3v) is 3.98. The molecule has 2 rings (SSSR count). The van der Waals surface area contributed by atoms with E-state index >= 15 is 0 Å². The van der Waals surface area contributed by atoms with Crippen LogP contribution in [0.2, 0.25) is 0 Å².